The second-order valence-corrected chi connectivity index (χ2v) is 7.47. The number of carbonyl (C=O) groups excluding carboxylic acids is 2. The molecular formula is C20H26N2O4. The Hall–Kier alpha value is -2.37. The first-order valence-corrected chi connectivity index (χ1v) is 9.33. The Balaban J connectivity index is 1.68. The maximum absolute atomic E-state index is 12.7. The molecule has 2 amide bonds. The van der Waals surface area contributed by atoms with Crippen LogP contribution in [0.25, 0.3) is 0 Å². The first-order valence-electron chi connectivity index (χ1n) is 9.33. The van der Waals surface area contributed by atoms with E-state index >= 15 is 0 Å². The zero-order valence-corrected chi connectivity index (χ0v) is 15.1. The number of rotatable bonds is 5. The highest BCUT2D eigenvalue weighted by molar-refractivity contribution is 5.93. The van der Waals surface area contributed by atoms with E-state index in [4.69, 9.17) is 0 Å². The molecule has 2 atom stereocenters. The van der Waals surface area contributed by atoms with Crippen LogP contribution in [0.1, 0.15) is 57.1 Å². The van der Waals surface area contributed by atoms with Crippen LogP contribution in [0.3, 0.4) is 0 Å². The number of nitrogens with one attached hydrogen (secondary N) is 1. The third kappa shape index (κ3) is 3.59. The highest BCUT2D eigenvalue weighted by Gasteiger charge is 2.44. The van der Waals surface area contributed by atoms with E-state index in [1.165, 1.54) is 0 Å². The zero-order chi connectivity index (χ0) is 18.7. The summed E-state index contributed by atoms with van der Waals surface area (Å²) in [6, 6.07) is 9.60. The molecule has 0 bridgehead atoms. The molecule has 1 saturated heterocycles. The van der Waals surface area contributed by atoms with Crippen LogP contribution in [0, 0.1) is 5.92 Å². The minimum atomic E-state index is -1.17. The van der Waals surface area contributed by atoms with Crippen LogP contribution in [-0.2, 0) is 14.4 Å². The van der Waals surface area contributed by atoms with Gasteiger partial charge in [0.2, 0.25) is 11.8 Å². The van der Waals surface area contributed by atoms with Crippen molar-refractivity contribution in [3.63, 3.8) is 0 Å². The van der Waals surface area contributed by atoms with Gasteiger partial charge in [0.05, 0.1) is 12.0 Å². The summed E-state index contributed by atoms with van der Waals surface area (Å²) in [4.78, 5) is 38.6. The van der Waals surface area contributed by atoms with Crippen LogP contribution in [0.2, 0.25) is 0 Å². The lowest BCUT2D eigenvalue weighted by atomic mass is 9.81. The average Bonchev–Trinajstić information content (AvgIpc) is 3.04. The second kappa shape index (κ2) is 7.48. The van der Waals surface area contributed by atoms with E-state index in [-0.39, 0.29) is 24.3 Å². The molecule has 1 aliphatic carbocycles. The van der Waals surface area contributed by atoms with E-state index in [1.54, 1.807) is 4.90 Å². The summed E-state index contributed by atoms with van der Waals surface area (Å²) in [6.07, 6.45) is 3.65. The lowest BCUT2D eigenvalue weighted by molar-refractivity contribution is -0.150. The average molecular weight is 358 g/mol. The zero-order valence-electron chi connectivity index (χ0n) is 15.1. The SMILES string of the molecule is C[C@@H](c1ccccc1)N1C[C@@H](C(=O)NC2(C(=O)O)CCCCC2)CC1=O. The molecule has 0 radical (unpaired) electrons. The van der Waals surface area contributed by atoms with Crippen molar-refractivity contribution in [2.45, 2.75) is 57.0 Å². The molecule has 2 fully saturated rings. The summed E-state index contributed by atoms with van der Waals surface area (Å²) in [5.41, 5.74) is -0.146. The maximum atomic E-state index is 12.7. The third-order valence-electron chi connectivity index (χ3n) is 5.76. The van der Waals surface area contributed by atoms with Crippen LogP contribution in [-0.4, -0.2) is 39.9 Å². The molecule has 1 aliphatic heterocycles. The molecule has 1 heterocycles. The largest absolute Gasteiger partial charge is 0.480 e. The van der Waals surface area contributed by atoms with Gasteiger partial charge < -0.3 is 15.3 Å². The Morgan fingerprint density at radius 2 is 1.85 bits per heavy atom. The van der Waals surface area contributed by atoms with Crippen LogP contribution < -0.4 is 5.32 Å². The van der Waals surface area contributed by atoms with Gasteiger partial charge in [-0.3, -0.25) is 9.59 Å². The van der Waals surface area contributed by atoms with Crippen molar-refractivity contribution in [3.05, 3.63) is 35.9 Å². The number of benzene rings is 1. The number of hydrogen-bond acceptors (Lipinski definition) is 3. The smallest absolute Gasteiger partial charge is 0.329 e. The van der Waals surface area contributed by atoms with E-state index in [1.807, 2.05) is 37.3 Å². The fourth-order valence-corrected chi connectivity index (χ4v) is 4.08. The Labute approximate surface area is 153 Å². The van der Waals surface area contributed by atoms with Crippen molar-refractivity contribution in [2.75, 3.05) is 6.54 Å². The van der Waals surface area contributed by atoms with Crippen LogP contribution in [0.4, 0.5) is 0 Å². The van der Waals surface area contributed by atoms with Gasteiger partial charge >= 0.3 is 5.97 Å². The Morgan fingerprint density at radius 3 is 2.46 bits per heavy atom. The monoisotopic (exact) mass is 358 g/mol. The summed E-state index contributed by atoms with van der Waals surface area (Å²) in [7, 11) is 0. The van der Waals surface area contributed by atoms with Crippen molar-refractivity contribution >= 4 is 17.8 Å². The lowest BCUT2D eigenvalue weighted by Crippen LogP contribution is -2.57. The Kier molecular flexibility index (Phi) is 5.30. The molecule has 26 heavy (non-hydrogen) atoms. The van der Waals surface area contributed by atoms with Gasteiger partial charge in [-0.05, 0) is 25.3 Å². The number of hydrogen-bond donors (Lipinski definition) is 2. The topological polar surface area (TPSA) is 86.7 Å². The molecule has 2 N–H and O–H groups in total. The van der Waals surface area contributed by atoms with Gasteiger partial charge in [0, 0.05) is 13.0 Å². The maximum Gasteiger partial charge on any atom is 0.329 e. The number of amides is 2. The highest BCUT2D eigenvalue weighted by Crippen LogP contribution is 2.32. The number of aliphatic carboxylic acids is 1. The van der Waals surface area contributed by atoms with Gasteiger partial charge in [0.1, 0.15) is 5.54 Å². The van der Waals surface area contributed by atoms with E-state index in [9.17, 15) is 19.5 Å². The molecule has 2 aliphatic rings. The Bertz CT molecular complexity index is 682. The molecule has 0 unspecified atom stereocenters. The standard InChI is InChI=1S/C20H26N2O4/c1-14(15-8-4-2-5-9-15)22-13-16(12-17(22)23)18(24)21-20(19(25)26)10-6-3-7-11-20/h2,4-5,8-9,14,16H,3,6-7,10-13H2,1H3,(H,21,24)(H,25,26)/t14-,16-/m0/s1. The number of carbonyl (C=O) groups is 3. The van der Waals surface area contributed by atoms with Gasteiger partial charge in [-0.25, -0.2) is 4.79 Å². The number of carboxylic acid groups (broad SMARTS) is 1. The summed E-state index contributed by atoms with van der Waals surface area (Å²) >= 11 is 0. The first-order chi connectivity index (χ1) is 12.4. The molecule has 1 aromatic carbocycles. The number of nitrogens with zero attached hydrogens (tertiary/aromatic N) is 1. The number of carboxylic acids is 1. The van der Waals surface area contributed by atoms with Gasteiger partial charge in [0.25, 0.3) is 0 Å². The predicted molar refractivity (Wildman–Crippen MR) is 96.3 cm³/mol. The lowest BCUT2D eigenvalue weighted by Gasteiger charge is -2.34. The normalized spacial score (nSPS) is 23.5. The minimum absolute atomic E-state index is 0.0606. The fourth-order valence-electron chi connectivity index (χ4n) is 4.08. The molecule has 0 spiro atoms. The van der Waals surface area contributed by atoms with Gasteiger partial charge in [-0.15, -0.1) is 0 Å². The summed E-state index contributed by atoms with van der Waals surface area (Å²) in [6.45, 7) is 2.28. The minimum Gasteiger partial charge on any atom is -0.480 e. The first kappa shape index (κ1) is 18.4. The van der Waals surface area contributed by atoms with Gasteiger partial charge in [0.15, 0.2) is 0 Å². The highest BCUT2D eigenvalue weighted by atomic mass is 16.4. The fraction of sp³-hybridized carbons (Fsp3) is 0.550. The van der Waals surface area contributed by atoms with Crippen LogP contribution >= 0.6 is 0 Å². The van der Waals surface area contributed by atoms with E-state index in [0.717, 1.165) is 24.8 Å². The molecule has 0 aromatic heterocycles. The molecule has 140 valence electrons. The molecule has 3 rings (SSSR count). The van der Waals surface area contributed by atoms with Crippen molar-refractivity contribution in [1.82, 2.24) is 10.2 Å². The van der Waals surface area contributed by atoms with Crippen LogP contribution in [0.5, 0.6) is 0 Å². The van der Waals surface area contributed by atoms with Crippen molar-refractivity contribution in [1.29, 1.82) is 0 Å². The summed E-state index contributed by atoms with van der Waals surface area (Å²) in [5.74, 6) is -1.84. The van der Waals surface area contributed by atoms with Gasteiger partial charge in [-0.1, -0.05) is 49.6 Å². The van der Waals surface area contributed by atoms with E-state index < -0.39 is 17.4 Å². The third-order valence-corrected chi connectivity index (χ3v) is 5.76. The molecule has 1 saturated carbocycles. The number of likely N-dealkylation sites (tertiary alicyclic amines) is 1. The summed E-state index contributed by atoms with van der Waals surface area (Å²) < 4.78 is 0. The van der Waals surface area contributed by atoms with Gasteiger partial charge in [-0.2, -0.15) is 0 Å². The molecule has 6 heteroatoms. The predicted octanol–water partition coefficient (Wildman–Crippen LogP) is 2.50. The van der Waals surface area contributed by atoms with E-state index in [0.29, 0.717) is 19.4 Å². The van der Waals surface area contributed by atoms with Crippen molar-refractivity contribution in [2.24, 2.45) is 5.92 Å². The molecule has 1 aromatic rings. The van der Waals surface area contributed by atoms with E-state index in [2.05, 4.69) is 5.32 Å². The molecular weight excluding hydrogens is 332 g/mol. The van der Waals surface area contributed by atoms with Crippen LogP contribution in [0.15, 0.2) is 30.3 Å². The van der Waals surface area contributed by atoms with Crippen molar-refractivity contribution < 1.29 is 19.5 Å². The quantitative estimate of drug-likeness (QED) is 0.847. The Morgan fingerprint density at radius 1 is 1.19 bits per heavy atom. The van der Waals surface area contributed by atoms with Crippen molar-refractivity contribution in [3.8, 4) is 0 Å². The second-order valence-electron chi connectivity index (χ2n) is 7.47. The molecule has 6 nitrogen and oxygen atoms in total. The summed E-state index contributed by atoms with van der Waals surface area (Å²) in [5, 5.41) is 12.4.